The third kappa shape index (κ3) is 3.44. The van der Waals surface area contributed by atoms with E-state index in [4.69, 9.17) is 5.11 Å². The SMILES string of the molecule is CCN(CC(C)C(=O)O)c1ccc(N2CCCC2)cc1. The average molecular weight is 276 g/mol. The number of carboxylic acid groups (broad SMARTS) is 1. The monoisotopic (exact) mass is 276 g/mol. The highest BCUT2D eigenvalue weighted by Gasteiger charge is 2.16. The summed E-state index contributed by atoms with van der Waals surface area (Å²) in [6.45, 7) is 7.47. The van der Waals surface area contributed by atoms with E-state index < -0.39 is 5.97 Å². The Hall–Kier alpha value is -1.71. The van der Waals surface area contributed by atoms with Gasteiger partial charge in [-0.3, -0.25) is 4.79 Å². The van der Waals surface area contributed by atoms with Gasteiger partial charge in [-0.15, -0.1) is 0 Å². The quantitative estimate of drug-likeness (QED) is 0.867. The molecule has 0 aromatic heterocycles. The molecule has 2 rings (SSSR count). The minimum absolute atomic E-state index is 0.354. The van der Waals surface area contributed by atoms with Crippen molar-refractivity contribution < 1.29 is 9.90 Å². The second kappa shape index (κ2) is 6.64. The van der Waals surface area contributed by atoms with Crippen molar-refractivity contribution in [2.24, 2.45) is 5.92 Å². The molecule has 0 aliphatic carbocycles. The van der Waals surface area contributed by atoms with E-state index in [0.29, 0.717) is 6.54 Å². The zero-order chi connectivity index (χ0) is 14.5. The van der Waals surface area contributed by atoms with E-state index in [0.717, 1.165) is 25.3 Å². The van der Waals surface area contributed by atoms with Gasteiger partial charge in [0, 0.05) is 37.6 Å². The third-order valence-electron chi connectivity index (χ3n) is 3.98. The first-order valence-electron chi connectivity index (χ1n) is 7.44. The number of hydrogen-bond acceptors (Lipinski definition) is 3. The van der Waals surface area contributed by atoms with Crippen LogP contribution in [0.15, 0.2) is 24.3 Å². The van der Waals surface area contributed by atoms with Gasteiger partial charge in [-0.2, -0.15) is 0 Å². The fraction of sp³-hybridized carbons (Fsp3) is 0.562. The Kier molecular flexibility index (Phi) is 4.88. The number of carboxylic acids is 1. The van der Waals surface area contributed by atoms with Crippen molar-refractivity contribution in [2.75, 3.05) is 36.0 Å². The van der Waals surface area contributed by atoms with Gasteiger partial charge < -0.3 is 14.9 Å². The largest absolute Gasteiger partial charge is 0.481 e. The summed E-state index contributed by atoms with van der Waals surface area (Å²) < 4.78 is 0. The average Bonchev–Trinajstić information content (AvgIpc) is 2.98. The number of hydrogen-bond donors (Lipinski definition) is 1. The Bertz CT molecular complexity index is 438. The van der Waals surface area contributed by atoms with Crippen LogP contribution in [0.1, 0.15) is 26.7 Å². The van der Waals surface area contributed by atoms with E-state index in [9.17, 15) is 4.79 Å². The highest BCUT2D eigenvalue weighted by molar-refractivity contribution is 5.70. The van der Waals surface area contributed by atoms with Crippen LogP contribution in [0.2, 0.25) is 0 Å². The van der Waals surface area contributed by atoms with Crippen molar-refractivity contribution in [3.05, 3.63) is 24.3 Å². The first kappa shape index (κ1) is 14.7. The summed E-state index contributed by atoms with van der Waals surface area (Å²) in [6, 6.07) is 8.50. The highest BCUT2D eigenvalue weighted by Crippen LogP contribution is 2.24. The van der Waals surface area contributed by atoms with Crippen molar-refractivity contribution in [3.8, 4) is 0 Å². The number of carbonyl (C=O) groups is 1. The molecular formula is C16H24N2O2. The Morgan fingerprint density at radius 1 is 1.30 bits per heavy atom. The summed E-state index contributed by atoms with van der Waals surface area (Å²) >= 11 is 0. The topological polar surface area (TPSA) is 43.8 Å². The molecule has 0 spiro atoms. The van der Waals surface area contributed by atoms with E-state index >= 15 is 0 Å². The lowest BCUT2D eigenvalue weighted by atomic mass is 10.1. The Balaban J connectivity index is 2.04. The normalized spacial score (nSPS) is 16.2. The lowest BCUT2D eigenvalue weighted by Gasteiger charge is -2.26. The standard InChI is InChI=1S/C16H24N2O2/c1-3-17(12-13(2)16(19)20)14-6-8-15(9-7-14)18-10-4-5-11-18/h6-9,13H,3-5,10-12H2,1-2H3,(H,19,20). The van der Waals surface area contributed by atoms with Crippen LogP contribution in [0.3, 0.4) is 0 Å². The molecular weight excluding hydrogens is 252 g/mol. The number of nitrogens with zero attached hydrogens (tertiary/aromatic N) is 2. The molecule has 1 unspecified atom stereocenters. The molecule has 1 aromatic carbocycles. The molecule has 20 heavy (non-hydrogen) atoms. The predicted octanol–water partition coefficient (Wildman–Crippen LogP) is 2.83. The maximum atomic E-state index is 11.0. The summed E-state index contributed by atoms with van der Waals surface area (Å²) in [5, 5.41) is 9.03. The molecule has 1 atom stereocenters. The molecule has 1 N–H and O–H groups in total. The number of aliphatic carboxylic acids is 1. The molecule has 0 saturated carbocycles. The lowest BCUT2D eigenvalue weighted by Crippen LogP contribution is -2.31. The number of anilines is 2. The van der Waals surface area contributed by atoms with Gasteiger partial charge in [-0.05, 0) is 44.0 Å². The van der Waals surface area contributed by atoms with E-state index in [1.165, 1.54) is 18.5 Å². The van der Waals surface area contributed by atoms with Crippen LogP contribution in [0.4, 0.5) is 11.4 Å². The summed E-state index contributed by atoms with van der Waals surface area (Å²) in [4.78, 5) is 15.5. The Morgan fingerprint density at radius 3 is 2.40 bits per heavy atom. The minimum atomic E-state index is -0.739. The molecule has 0 radical (unpaired) electrons. The lowest BCUT2D eigenvalue weighted by molar-refractivity contribution is -0.140. The first-order chi connectivity index (χ1) is 9.61. The third-order valence-corrected chi connectivity index (χ3v) is 3.98. The van der Waals surface area contributed by atoms with Crippen LogP contribution in [0, 0.1) is 5.92 Å². The second-order valence-electron chi connectivity index (χ2n) is 5.49. The smallest absolute Gasteiger partial charge is 0.308 e. The highest BCUT2D eigenvalue weighted by atomic mass is 16.4. The van der Waals surface area contributed by atoms with Gasteiger partial charge in [0.2, 0.25) is 0 Å². The van der Waals surface area contributed by atoms with Crippen LogP contribution < -0.4 is 9.80 Å². The molecule has 4 nitrogen and oxygen atoms in total. The van der Waals surface area contributed by atoms with E-state index in [1.54, 1.807) is 6.92 Å². The van der Waals surface area contributed by atoms with Crippen molar-refractivity contribution in [1.82, 2.24) is 0 Å². The molecule has 1 aromatic rings. The van der Waals surface area contributed by atoms with Gasteiger partial charge in [-0.25, -0.2) is 0 Å². The van der Waals surface area contributed by atoms with E-state index in [1.807, 2.05) is 0 Å². The molecule has 0 amide bonds. The molecule has 1 aliphatic rings. The number of rotatable bonds is 6. The van der Waals surface area contributed by atoms with Gasteiger partial charge >= 0.3 is 5.97 Å². The summed E-state index contributed by atoms with van der Waals surface area (Å²) in [5.74, 6) is -1.09. The molecule has 110 valence electrons. The Morgan fingerprint density at radius 2 is 1.90 bits per heavy atom. The molecule has 1 heterocycles. The zero-order valence-corrected chi connectivity index (χ0v) is 12.4. The molecule has 1 saturated heterocycles. The van der Waals surface area contributed by atoms with Gasteiger partial charge in [-0.1, -0.05) is 6.92 Å². The van der Waals surface area contributed by atoms with Crippen molar-refractivity contribution in [2.45, 2.75) is 26.7 Å². The minimum Gasteiger partial charge on any atom is -0.481 e. The molecule has 0 bridgehead atoms. The van der Waals surface area contributed by atoms with E-state index in [2.05, 4.69) is 41.0 Å². The van der Waals surface area contributed by atoms with Crippen LogP contribution in [-0.4, -0.2) is 37.3 Å². The van der Waals surface area contributed by atoms with Crippen LogP contribution in [-0.2, 0) is 4.79 Å². The van der Waals surface area contributed by atoms with Crippen molar-refractivity contribution in [3.63, 3.8) is 0 Å². The first-order valence-corrected chi connectivity index (χ1v) is 7.44. The Labute approximate surface area is 121 Å². The maximum Gasteiger partial charge on any atom is 0.308 e. The van der Waals surface area contributed by atoms with Gasteiger partial charge in [0.05, 0.1) is 5.92 Å². The fourth-order valence-electron chi connectivity index (χ4n) is 2.68. The van der Waals surface area contributed by atoms with Gasteiger partial charge in [0.1, 0.15) is 0 Å². The van der Waals surface area contributed by atoms with Crippen molar-refractivity contribution >= 4 is 17.3 Å². The fourth-order valence-corrected chi connectivity index (χ4v) is 2.68. The molecule has 4 heteroatoms. The second-order valence-corrected chi connectivity index (χ2v) is 5.49. The van der Waals surface area contributed by atoms with Crippen LogP contribution in [0.25, 0.3) is 0 Å². The van der Waals surface area contributed by atoms with Gasteiger partial charge in [0.25, 0.3) is 0 Å². The molecule has 1 aliphatic heterocycles. The maximum absolute atomic E-state index is 11.0. The molecule has 1 fully saturated rings. The summed E-state index contributed by atoms with van der Waals surface area (Å²) in [5.41, 5.74) is 2.37. The van der Waals surface area contributed by atoms with Crippen LogP contribution >= 0.6 is 0 Å². The van der Waals surface area contributed by atoms with Crippen LogP contribution in [0.5, 0.6) is 0 Å². The summed E-state index contributed by atoms with van der Waals surface area (Å²) in [7, 11) is 0. The zero-order valence-electron chi connectivity index (χ0n) is 12.4. The summed E-state index contributed by atoms with van der Waals surface area (Å²) in [6.07, 6.45) is 2.55. The van der Waals surface area contributed by atoms with E-state index in [-0.39, 0.29) is 5.92 Å². The predicted molar refractivity (Wildman–Crippen MR) is 82.6 cm³/mol. The van der Waals surface area contributed by atoms with Crippen molar-refractivity contribution in [1.29, 1.82) is 0 Å². The van der Waals surface area contributed by atoms with Gasteiger partial charge in [0.15, 0.2) is 0 Å². The number of benzene rings is 1.